The molecule has 0 saturated heterocycles. The minimum atomic E-state index is 0.0977. The molecular weight excluding hydrogens is 250 g/mol. The van der Waals surface area contributed by atoms with Crippen molar-refractivity contribution in [3.05, 3.63) is 48.0 Å². The highest BCUT2D eigenvalue weighted by atomic mass is 16.5. The molecule has 0 aliphatic carbocycles. The predicted molar refractivity (Wildman–Crippen MR) is 81.0 cm³/mol. The highest BCUT2D eigenvalue weighted by molar-refractivity contribution is 5.39. The third kappa shape index (κ3) is 3.20. The van der Waals surface area contributed by atoms with E-state index in [0.29, 0.717) is 0 Å². The maximum Gasteiger partial charge on any atom is 0.124 e. The van der Waals surface area contributed by atoms with Gasteiger partial charge in [-0.2, -0.15) is 0 Å². The summed E-state index contributed by atoms with van der Waals surface area (Å²) in [6.45, 7) is 5.85. The van der Waals surface area contributed by atoms with Crippen molar-refractivity contribution in [2.75, 3.05) is 13.2 Å². The van der Waals surface area contributed by atoms with Crippen molar-refractivity contribution in [3.8, 4) is 5.75 Å². The third-order valence-corrected chi connectivity index (χ3v) is 3.25. The molecular formula is C16H23N3O. The van der Waals surface area contributed by atoms with E-state index >= 15 is 0 Å². The lowest BCUT2D eigenvalue weighted by Gasteiger charge is -2.21. The Hall–Kier alpha value is -1.81. The summed E-state index contributed by atoms with van der Waals surface area (Å²) in [5.41, 5.74) is 2.30. The van der Waals surface area contributed by atoms with Crippen LogP contribution in [0, 0.1) is 0 Å². The van der Waals surface area contributed by atoms with Gasteiger partial charge in [-0.25, -0.2) is 4.98 Å². The van der Waals surface area contributed by atoms with Crippen LogP contribution in [0.2, 0.25) is 0 Å². The molecule has 1 unspecified atom stereocenters. The van der Waals surface area contributed by atoms with Gasteiger partial charge in [-0.15, -0.1) is 0 Å². The van der Waals surface area contributed by atoms with Crippen molar-refractivity contribution in [2.24, 2.45) is 7.05 Å². The summed E-state index contributed by atoms with van der Waals surface area (Å²) in [5.74, 6) is 0.946. The van der Waals surface area contributed by atoms with E-state index in [0.717, 1.165) is 36.6 Å². The summed E-state index contributed by atoms with van der Waals surface area (Å²) in [5, 5.41) is 3.52. The highest BCUT2D eigenvalue weighted by Crippen LogP contribution is 2.29. The maximum absolute atomic E-state index is 5.88. The van der Waals surface area contributed by atoms with Crippen LogP contribution in [0.5, 0.6) is 5.75 Å². The fraction of sp³-hybridized carbons (Fsp3) is 0.438. The zero-order valence-electron chi connectivity index (χ0n) is 12.5. The van der Waals surface area contributed by atoms with Gasteiger partial charge in [0.2, 0.25) is 0 Å². The molecule has 0 saturated carbocycles. The second kappa shape index (κ2) is 7.10. The van der Waals surface area contributed by atoms with E-state index < -0.39 is 0 Å². The van der Waals surface area contributed by atoms with E-state index in [4.69, 9.17) is 4.74 Å². The van der Waals surface area contributed by atoms with Crippen LogP contribution in [0.15, 0.2) is 36.8 Å². The van der Waals surface area contributed by atoms with Crippen LogP contribution in [0.25, 0.3) is 0 Å². The smallest absolute Gasteiger partial charge is 0.124 e. The molecule has 0 aliphatic rings. The van der Waals surface area contributed by atoms with Gasteiger partial charge in [0.05, 0.1) is 30.9 Å². The standard InChI is InChI=1S/C16H23N3O/c1-4-10-20-15-9-7-6-8-13(15)16(18-5-2)14-11-17-12-19(14)3/h6-9,11-12,16,18H,4-5,10H2,1-3H3. The Kier molecular flexibility index (Phi) is 5.18. The topological polar surface area (TPSA) is 39.1 Å². The van der Waals surface area contributed by atoms with Crippen LogP contribution in [0.3, 0.4) is 0 Å². The molecule has 0 radical (unpaired) electrons. The van der Waals surface area contributed by atoms with E-state index in [2.05, 4.69) is 36.3 Å². The first-order valence-electron chi connectivity index (χ1n) is 7.19. The van der Waals surface area contributed by atoms with E-state index in [1.165, 1.54) is 0 Å². The SMILES string of the molecule is CCCOc1ccccc1C(NCC)c1cncn1C. The molecule has 1 aromatic carbocycles. The zero-order valence-corrected chi connectivity index (χ0v) is 12.5. The summed E-state index contributed by atoms with van der Waals surface area (Å²) in [7, 11) is 2.02. The van der Waals surface area contributed by atoms with Crippen molar-refractivity contribution in [2.45, 2.75) is 26.3 Å². The number of aromatic nitrogens is 2. The predicted octanol–water partition coefficient (Wildman–Crippen LogP) is 2.91. The first-order valence-corrected chi connectivity index (χ1v) is 7.19. The molecule has 4 heteroatoms. The average Bonchev–Trinajstić information content (AvgIpc) is 2.89. The molecule has 0 amide bonds. The first-order chi connectivity index (χ1) is 9.77. The van der Waals surface area contributed by atoms with Gasteiger partial charge >= 0.3 is 0 Å². The molecule has 2 rings (SSSR count). The lowest BCUT2D eigenvalue weighted by molar-refractivity contribution is 0.311. The van der Waals surface area contributed by atoms with Crippen LogP contribution in [0.4, 0.5) is 0 Å². The van der Waals surface area contributed by atoms with Gasteiger partial charge in [0, 0.05) is 12.6 Å². The van der Waals surface area contributed by atoms with Crippen LogP contribution in [-0.4, -0.2) is 22.7 Å². The Morgan fingerprint density at radius 1 is 1.30 bits per heavy atom. The van der Waals surface area contributed by atoms with Crippen molar-refractivity contribution >= 4 is 0 Å². The molecule has 0 aliphatic heterocycles. The lowest BCUT2D eigenvalue weighted by atomic mass is 10.0. The molecule has 108 valence electrons. The molecule has 4 nitrogen and oxygen atoms in total. The van der Waals surface area contributed by atoms with Gasteiger partial charge in [-0.1, -0.05) is 32.0 Å². The van der Waals surface area contributed by atoms with Crippen molar-refractivity contribution in [3.63, 3.8) is 0 Å². The fourth-order valence-electron chi connectivity index (χ4n) is 2.29. The molecule has 20 heavy (non-hydrogen) atoms. The van der Waals surface area contributed by atoms with Crippen molar-refractivity contribution in [1.82, 2.24) is 14.9 Å². The number of benzene rings is 1. The monoisotopic (exact) mass is 273 g/mol. The number of rotatable bonds is 7. The Morgan fingerprint density at radius 3 is 2.75 bits per heavy atom. The number of para-hydroxylation sites is 1. The first kappa shape index (κ1) is 14.6. The zero-order chi connectivity index (χ0) is 14.4. The number of hydrogen-bond acceptors (Lipinski definition) is 3. The summed E-state index contributed by atoms with van der Waals surface area (Å²) in [6, 6.07) is 8.31. The van der Waals surface area contributed by atoms with Crippen LogP contribution < -0.4 is 10.1 Å². The number of imidazole rings is 1. The average molecular weight is 273 g/mol. The van der Waals surface area contributed by atoms with Crippen LogP contribution in [-0.2, 0) is 7.05 Å². The third-order valence-electron chi connectivity index (χ3n) is 3.25. The molecule has 2 aromatic rings. The Morgan fingerprint density at radius 2 is 2.10 bits per heavy atom. The number of nitrogens with zero attached hydrogens (tertiary/aromatic N) is 2. The van der Waals surface area contributed by atoms with Crippen LogP contribution in [0.1, 0.15) is 37.6 Å². The fourth-order valence-corrected chi connectivity index (χ4v) is 2.29. The van der Waals surface area contributed by atoms with Gasteiger partial charge in [0.15, 0.2) is 0 Å². The molecule has 0 bridgehead atoms. The van der Waals surface area contributed by atoms with Gasteiger partial charge < -0.3 is 14.6 Å². The summed E-state index contributed by atoms with van der Waals surface area (Å²) in [6.07, 6.45) is 4.74. The van der Waals surface area contributed by atoms with E-state index in [1.54, 1.807) is 0 Å². The minimum Gasteiger partial charge on any atom is -0.493 e. The number of aryl methyl sites for hydroxylation is 1. The van der Waals surface area contributed by atoms with E-state index in [9.17, 15) is 0 Å². The van der Waals surface area contributed by atoms with E-state index in [1.807, 2.05) is 36.3 Å². The van der Waals surface area contributed by atoms with Crippen LogP contribution >= 0.6 is 0 Å². The highest BCUT2D eigenvalue weighted by Gasteiger charge is 2.19. The Labute approximate surface area is 120 Å². The molecule has 1 atom stereocenters. The normalized spacial score (nSPS) is 12.3. The minimum absolute atomic E-state index is 0.0977. The number of nitrogens with one attached hydrogen (secondary N) is 1. The lowest BCUT2D eigenvalue weighted by Crippen LogP contribution is -2.24. The molecule has 1 heterocycles. The summed E-state index contributed by atoms with van der Waals surface area (Å²) < 4.78 is 7.93. The van der Waals surface area contributed by atoms with Gasteiger partial charge in [-0.3, -0.25) is 0 Å². The van der Waals surface area contributed by atoms with E-state index in [-0.39, 0.29) is 6.04 Å². The van der Waals surface area contributed by atoms with Crippen molar-refractivity contribution in [1.29, 1.82) is 0 Å². The summed E-state index contributed by atoms with van der Waals surface area (Å²) >= 11 is 0. The Balaban J connectivity index is 2.36. The quantitative estimate of drug-likeness (QED) is 0.843. The largest absolute Gasteiger partial charge is 0.493 e. The Bertz CT molecular complexity index is 536. The number of ether oxygens (including phenoxy) is 1. The van der Waals surface area contributed by atoms with Gasteiger partial charge in [0.25, 0.3) is 0 Å². The molecule has 1 N–H and O–H groups in total. The van der Waals surface area contributed by atoms with Crippen molar-refractivity contribution < 1.29 is 4.74 Å². The number of hydrogen-bond donors (Lipinski definition) is 1. The molecule has 0 spiro atoms. The van der Waals surface area contributed by atoms with Gasteiger partial charge in [0.1, 0.15) is 5.75 Å². The second-order valence-corrected chi connectivity index (χ2v) is 4.81. The maximum atomic E-state index is 5.88. The van der Waals surface area contributed by atoms with Gasteiger partial charge in [-0.05, 0) is 19.0 Å². The second-order valence-electron chi connectivity index (χ2n) is 4.81. The summed E-state index contributed by atoms with van der Waals surface area (Å²) in [4.78, 5) is 4.22. The molecule has 0 fully saturated rings. The molecule has 1 aromatic heterocycles.